The fourth-order valence-corrected chi connectivity index (χ4v) is 0.984. The summed E-state index contributed by atoms with van der Waals surface area (Å²) in [6.45, 7) is -0.850. The highest BCUT2D eigenvalue weighted by atomic mass is 19.1. The van der Waals surface area contributed by atoms with Crippen LogP contribution in [0.5, 0.6) is 5.75 Å². The molecule has 0 saturated heterocycles. The van der Waals surface area contributed by atoms with Crippen molar-refractivity contribution in [2.24, 2.45) is 0 Å². The predicted molar refractivity (Wildman–Crippen MR) is 49.3 cm³/mol. The molecule has 0 bridgehead atoms. The van der Waals surface area contributed by atoms with E-state index in [-0.39, 0.29) is 17.9 Å². The Kier molecular flexibility index (Phi) is 3.28. The lowest BCUT2D eigenvalue weighted by Crippen LogP contribution is -2.06. The molecule has 0 heterocycles. The first kappa shape index (κ1) is 10.3. The Bertz CT molecular complexity index is 341. The second-order valence-electron chi connectivity index (χ2n) is 2.60. The number of nitrogens with two attached hydrogens (primary N) is 1. The molecule has 0 spiro atoms. The van der Waals surface area contributed by atoms with Gasteiger partial charge in [-0.05, 0) is 12.1 Å². The van der Waals surface area contributed by atoms with Gasteiger partial charge in [-0.1, -0.05) is 0 Å². The van der Waals surface area contributed by atoms with Crippen LogP contribution < -0.4 is 10.5 Å². The Morgan fingerprint density at radius 3 is 2.86 bits per heavy atom. The SMILES string of the molecule is Nc1ccc(C(=O)O)c(OCCF)c1. The number of carbonyl (C=O) groups is 1. The normalized spacial score (nSPS) is 9.79. The summed E-state index contributed by atoms with van der Waals surface area (Å²) < 4.78 is 16.7. The minimum absolute atomic E-state index is 0.0207. The third-order valence-electron chi connectivity index (χ3n) is 1.57. The number of halogens is 1. The number of hydrogen-bond acceptors (Lipinski definition) is 3. The van der Waals surface area contributed by atoms with E-state index in [1.54, 1.807) is 0 Å². The maximum atomic E-state index is 11.8. The number of alkyl halides is 1. The summed E-state index contributed by atoms with van der Waals surface area (Å²) in [5, 5.41) is 8.74. The maximum absolute atomic E-state index is 11.8. The molecule has 0 aliphatic rings. The second-order valence-corrected chi connectivity index (χ2v) is 2.60. The fraction of sp³-hybridized carbons (Fsp3) is 0.222. The van der Waals surface area contributed by atoms with E-state index in [1.165, 1.54) is 18.2 Å². The van der Waals surface area contributed by atoms with Crippen LogP contribution in [-0.2, 0) is 0 Å². The molecule has 0 amide bonds. The van der Waals surface area contributed by atoms with Gasteiger partial charge in [0.05, 0.1) is 0 Å². The van der Waals surface area contributed by atoms with E-state index in [0.29, 0.717) is 5.69 Å². The average Bonchev–Trinajstić information content (AvgIpc) is 2.14. The minimum Gasteiger partial charge on any atom is -0.490 e. The molecule has 4 nitrogen and oxygen atoms in total. The van der Waals surface area contributed by atoms with E-state index in [0.717, 1.165) is 0 Å². The summed E-state index contributed by atoms with van der Waals surface area (Å²) in [7, 11) is 0. The number of rotatable bonds is 4. The first-order valence-electron chi connectivity index (χ1n) is 3.96. The van der Waals surface area contributed by atoms with Crippen molar-refractivity contribution in [3.63, 3.8) is 0 Å². The molecule has 0 aliphatic heterocycles. The molecule has 0 aliphatic carbocycles. The summed E-state index contributed by atoms with van der Waals surface area (Å²) >= 11 is 0. The van der Waals surface area contributed by atoms with Crippen LogP contribution in [0.25, 0.3) is 0 Å². The van der Waals surface area contributed by atoms with E-state index in [9.17, 15) is 9.18 Å². The highest BCUT2D eigenvalue weighted by Crippen LogP contribution is 2.21. The third kappa shape index (κ3) is 2.35. The largest absolute Gasteiger partial charge is 0.490 e. The lowest BCUT2D eigenvalue weighted by Gasteiger charge is -2.07. The van der Waals surface area contributed by atoms with Crippen LogP contribution in [0.3, 0.4) is 0 Å². The van der Waals surface area contributed by atoms with Crippen LogP contribution in [0.15, 0.2) is 18.2 Å². The van der Waals surface area contributed by atoms with Gasteiger partial charge in [-0.25, -0.2) is 9.18 Å². The highest BCUT2D eigenvalue weighted by molar-refractivity contribution is 5.91. The molecule has 5 heteroatoms. The van der Waals surface area contributed by atoms with Crippen LogP contribution >= 0.6 is 0 Å². The van der Waals surface area contributed by atoms with E-state index < -0.39 is 12.6 Å². The zero-order valence-corrected chi connectivity index (χ0v) is 7.37. The molecule has 76 valence electrons. The maximum Gasteiger partial charge on any atom is 0.339 e. The quantitative estimate of drug-likeness (QED) is 0.717. The molecule has 0 unspecified atom stereocenters. The molecule has 0 saturated carbocycles. The zero-order chi connectivity index (χ0) is 10.6. The smallest absolute Gasteiger partial charge is 0.339 e. The molecule has 14 heavy (non-hydrogen) atoms. The molecule has 1 aromatic rings. The first-order chi connectivity index (χ1) is 6.65. The van der Waals surface area contributed by atoms with Gasteiger partial charge in [-0.2, -0.15) is 0 Å². The standard InChI is InChI=1S/C9H10FNO3/c10-3-4-14-8-5-6(11)1-2-7(8)9(12)13/h1-2,5H,3-4,11H2,(H,12,13). The van der Waals surface area contributed by atoms with E-state index in [2.05, 4.69) is 0 Å². The Labute approximate surface area is 80.1 Å². The van der Waals surface area contributed by atoms with Crippen molar-refractivity contribution < 1.29 is 19.0 Å². The van der Waals surface area contributed by atoms with Gasteiger partial charge < -0.3 is 15.6 Å². The number of benzene rings is 1. The molecule has 1 rings (SSSR count). The monoisotopic (exact) mass is 199 g/mol. The Hall–Kier alpha value is -1.78. The van der Waals surface area contributed by atoms with Crippen LogP contribution in [0, 0.1) is 0 Å². The van der Waals surface area contributed by atoms with Crippen LogP contribution in [0.2, 0.25) is 0 Å². The number of ether oxygens (including phenoxy) is 1. The number of carboxylic acids is 1. The molecule has 0 aromatic heterocycles. The summed E-state index contributed by atoms with van der Waals surface area (Å²) in [4.78, 5) is 10.7. The number of hydrogen-bond donors (Lipinski definition) is 2. The fourth-order valence-electron chi connectivity index (χ4n) is 0.984. The van der Waals surface area contributed by atoms with Gasteiger partial charge in [-0.15, -0.1) is 0 Å². The second kappa shape index (κ2) is 4.45. The number of aromatic carboxylic acids is 1. The van der Waals surface area contributed by atoms with E-state index in [1.807, 2.05) is 0 Å². The van der Waals surface area contributed by atoms with Crippen molar-refractivity contribution in [1.29, 1.82) is 0 Å². The molecular formula is C9H10FNO3. The summed E-state index contributed by atoms with van der Waals surface area (Å²) in [5.41, 5.74) is 5.79. The van der Waals surface area contributed by atoms with Gasteiger partial charge in [-0.3, -0.25) is 0 Å². The molecule has 0 atom stereocenters. The number of carboxylic acid groups (broad SMARTS) is 1. The summed E-state index contributed by atoms with van der Waals surface area (Å²) in [5.74, 6) is -1.03. The topological polar surface area (TPSA) is 72.6 Å². The molecular weight excluding hydrogens is 189 g/mol. The van der Waals surface area contributed by atoms with E-state index in [4.69, 9.17) is 15.6 Å². The van der Waals surface area contributed by atoms with Gasteiger partial charge in [0.15, 0.2) is 0 Å². The van der Waals surface area contributed by atoms with Crippen molar-refractivity contribution in [1.82, 2.24) is 0 Å². The summed E-state index contributed by atoms with van der Waals surface area (Å²) in [6.07, 6.45) is 0. The van der Waals surface area contributed by atoms with Gasteiger partial charge in [0.25, 0.3) is 0 Å². The Morgan fingerprint density at radius 2 is 2.29 bits per heavy atom. The van der Waals surface area contributed by atoms with Crippen LogP contribution in [0.1, 0.15) is 10.4 Å². The van der Waals surface area contributed by atoms with Gasteiger partial charge in [0, 0.05) is 11.8 Å². The number of nitrogen functional groups attached to an aromatic ring is 1. The van der Waals surface area contributed by atoms with Gasteiger partial charge >= 0.3 is 5.97 Å². The molecule has 3 N–H and O–H groups in total. The number of anilines is 1. The van der Waals surface area contributed by atoms with Crippen molar-refractivity contribution in [3.05, 3.63) is 23.8 Å². The van der Waals surface area contributed by atoms with Crippen LogP contribution in [-0.4, -0.2) is 24.4 Å². The van der Waals surface area contributed by atoms with Gasteiger partial charge in [0.2, 0.25) is 0 Å². The highest BCUT2D eigenvalue weighted by Gasteiger charge is 2.10. The predicted octanol–water partition coefficient (Wildman–Crippen LogP) is 1.32. The molecule has 1 aromatic carbocycles. The third-order valence-corrected chi connectivity index (χ3v) is 1.57. The lowest BCUT2D eigenvalue weighted by molar-refractivity contribution is 0.0692. The van der Waals surface area contributed by atoms with Gasteiger partial charge in [0.1, 0.15) is 24.6 Å². The van der Waals surface area contributed by atoms with Crippen LogP contribution in [0.4, 0.5) is 10.1 Å². The van der Waals surface area contributed by atoms with Crippen molar-refractivity contribution in [2.75, 3.05) is 19.0 Å². The van der Waals surface area contributed by atoms with Crippen molar-refractivity contribution >= 4 is 11.7 Å². The zero-order valence-electron chi connectivity index (χ0n) is 7.37. The summed E-state index contributed by atoms with van der Waals surface area (Å²) in [6, 6.07) is 4.14. The Balaban J connectivity index is 2.97. The average molecular weight is 199 g/mol. The van der Waals surface area contributed by atoms with Crippen molar-refractivity contribution in [2.45, 2.75) is 0 Å². The Morgan fingerprint density at radius 1 is 1.57 bits per heavy atom. The lowest BCUT2D eigenvalue weighted by atomic mass is 10.2. The molecule has 0 radical (unpaired) electrons. The minimum atomic E-state index is -1.13. The first-order valence-corrected chi connectivity index (χ1v) is 3.96. The van der Waals surface area contributed by atoms with Crippen molar-refractivity contribution in [3.8, 4) is 5.75 Å². The van der Waals surface area contributed by atoms with E-state index >= 15 is 0 Å². The molecule has 0 fully saturated rings.